The van der Waals surface area contributed by atoms with Crippen LogP contribution in [0, 0.1) is 10.5 Å². The highest BCUT2D eigenvalue weighted by atomic mass is 127. The number of rotatable bonds is 4. The number of hydrogen-bond donors (Lipinski definition) is 0. The van der Waals surface area contributed by atoms with Crippen molar-refractivity contribution in [2.24, 2.45) is 0 Å². The third-order valence-electron chi connectivity index (χ3n) is 2.56. The van der Waals surface area contributed by atoms with E-state index in [4.69, 9.17) is 4.74 Å². The van der Waals surface area contributed by atoms with Gasteiger partial charge in [-0.1, -0.05) is 29.8 Å². The molecule has 2 aromatic rings. The van der Waals surface area contributed by atoms with E-state index in [9.17, 15) is 4.79 Å². The Morgan fingerprint density at radius 3 is 2.28 bits per heavy atom. The Morgan fingerprint density at radius 1 is 1.06 bits per heavy atom. The molecule has 0 fully saturated rings. The van der Waals surface area contributed by atoms with Crippen LogP contribution < -0.4 is 4.74 Å². The minimum Gasteiger partial charge on any atom is -0.485 e. The van der Waals surface area contributed by atoms with Crippen LogP contribution in [0.4, 0.5) is 0 Å². The summed E-state index contributed by atoms with van der Waals surface area (Å²) in [4.78, 5) is 11.9. The summed E-state index contributed by atoms with van der Waals surface area (Å²) in [6.07, 6.45) is 0. The molecule has 0 radical (unpaired) electrons. The lowest BCUT2D eigenvalue weighted by Gasteiger charge is -2.05. The molecular formula is C15H13IO2. The Balaban J connectivity index is 1.96. The predicted molar refractivity (Wildman–Crippen MR) is 80.2 cm³/mol. The molecule has 2 nitrogen and oxygen atoms in total. The molecule has 0 atom stereocenters. The fraction of sp³-hybridized carbons (Fsp3) is 0.133. The Kier molecular flexibility index (Phi) is 4.36. The Bertz CT molecular complexity index is 529. The van der Waals surface area contributed by atoms with Crippen molar-refractivity contribution in [3.63, 3.8) is 0 Å². The second kappa shape index (κ2) is 6.00. The van der Waals surface area contributed by atoms with E-state index in [1.54, 1.807) is 0 Å². The fourth-order valence-electron chi connectivity index (χ4n) is 1.50. The number of Topliss-reactive ketones (excluding diaryl/α,β-unsaturated/α-hetero) is 1. The minimum absolute atomic E-state index is 0.00743. The van der Waals surface area contributed by atoms with Crippen molar-refractivity contribution in [2.45, 2.75) is 6.92 Å². The minimum atomic E-state index is -0.00743. The number of ether oxygens (including phenoxy) is 1. The topological polar surface area (TPSA) is 26.3 Å². The molecule has 2 aromatic carbocycles. The molecule has 0 N–H and O–H groups in total. The van der Waals surface area contributed by atoms with Crippen molar-refractivity contribution in [2.75, 3.05) is 6.61 Å². The van der Waals surface area contributed by atoms with E-state index in [2.05, 4.69) is 22.6 Å². The Morgan fingerprint density at radius 2 is 1.67 bits per heavy atom. The van der Waals surface area contributed by atoms with Gasteiger partial charge in [-0.3, -0.25) is 4.79 Å². The molecule has 0 aliphatic heterocycles. The number of halogens is 1. The largest absolute Gasteiger partial charge is 0.485 e. The van der Waals surface area contributed by atoms with E-state index in [1.807, 2.05) is 55.5 Å². The molecule has 0 saturated heterocycles. The highest BCUT2D eigenvalue weighted by Gasteiger charge is 2.06. The number of ketones is 1. The third-order valence-corrected chi connectivity index (χ3v) is 3.28. The maximum Gasteiger partial charge on any atom is 0.200 e. The second-order valence-electron chi connectivity index (χ2n) is 4.03. The summed E-state index contributed by atoms with van der Waals surface area (Å²) in [5, 5.41) is 0. The van der Waals surface area contributed by atoms with Crippen molar-refractivity contribution >= 4 is 28.4 Å². The maximum atomic E-state index is 11.9. The number of carbonyl (C=O) groups excluding carboxylic acids is 1. The molecule has 0 aliphatic carbocycles. The van der Waals surface area contributed by atoms with Crippen LogP contribution in [0.3, 0.4) is 0 Å². The van der Waals surface area contributed by atoms with Crippen LogP contribution in [-0.2, 0) is 0 Å². The second-order valence-corrected chi connectivity index (χ2v) is 5.28. The zero-order chi connectivity index (χ0) is 13.0. The summed E-state index contributed by atoms with van der Waals surface area (Å²) in [6, 6.07) is 15.1. The first-order chi connectivity index (χ1) is 8.65. The zero-order valence-corrected chi connectivity index (χ0v) is 12.2. The van der Waals surface area contributed by atoms with Crippen LogP contribution >= 0.6 is 22.6 Å². The molecule has 0 heterocycles. The van der Waals surface area contributed by atoms with Crippen LogP contribution in [0.25, 0.3) is 0 Å². The molecule has 0 spiro atoms. The van der Waals surface area contributed by atoms with E-state index in [-0.39, 0.29) is 12.4 Å². The first kappa shape index (κ1) is 13.1. The summed E-state index contributed by atoms with van der Waals surface area (Å²) in [7, 11) is 0. The maximum absolute atomic E-state index is 11.9. The molecule has 18 heavy (non-hydrogen) atoms. The zero-order valence-electron chi connectivity index (χ0n) is 10.0. The van der Waals surface area contributed by atoms with Gasteiger partial charge >= 0.3 is 0 Å². The van der Waals surface area contributed by atoms with Gasteiger partial charge in [0, 0.05) is 9.13 Å². The number of hydrogen-bond acceptors (Lipinski definition) is 2. The highest BCUT2D eigenvalue weighted by molar-refractivity contribution is 14.1. The van der Waals surface area contributed by atoms with E-state index < -0.39 is 0 Å². The van der Waals surface area contributed by atoms with Crippen molar-refractivity contribution in [3.8, 4) is 5.75 Å². The molecule has 0 bridgehead atoms. The third kappa shape index (κ3) is 3.57. The molecule has 0 unspecified atom stereocenters. The molecule has 2 rings (SSSR count). The van der Waals surface area contributed by atoms with Crippen LogP contribution in [0.1, 0.15) is 15.9 Å². The van der Waals surface area contributed by atoms with Crippen LogP contribution in [0.2, 0.25) is 0 Å². The lowest BCUT2D eigenvalue weighted by atomic mass is 10.1. The van der Waals surface area contributed by atoms with E-state index >= 15 is 0 Å². The van der Waals surface area contributed by atoms with Gasteiger partial charge in [-0.05, 0) is 53.8 Å². The van der Waals surface area contributed by atoms with Crippen LogP contribution in [0.15, 0.2) is 48.5 Å². The molecule has 0 amide bonds. The number of benzene rings is 2. The van der Waals surface area contributed by atoms with Gasteiger partial charge in [0.15, 0.2) is 12.4 Å². The van der Waals surface area contributed by atoms with Gasteiger partial charge in [0.2, 0.25) is 0 Å². The molecule has 3 heteroatoms. The lowest BCUT2D eigenvalue weighted by Crippen LogP contribution is -2.11. The van der Waals surface area contributed by atoms with Crippen molar-refractivity contribution < 1.29 is 9.53 Å². The Labute approximate surface area is 120 Å². The van der Waals surface area contributed by atoms with E-state index in [1.165, 1.54) is 5.56 Å². The highest BCUT2D eigenvalue weighted by Crippen LogP contribution is 2.12. The first-order valence-corrected chi connectivity index (χ1v) is 6.71. The predicted octanol–water partition coefficient (Wildman–Crippen LogP) is 3.86. The quantitative estimate of drug-likeness (QED) is 0.617. The lowest BCUT2D eigenvalue weighted by molar-refractivity contribution is 0.0921. The molecule has 92 valence electrons. The molecule has 0 aliphatic rings. The number of carbonyl (C=O) groups is 1. The smallest absolute Gasteiger partial charge is 0.200 e. The van der Waals surface area contributed by atoms with Gasteiger partial charge in [-0.2, -0.15) is 0 Å². The normalized spacial score (nSPS) is 10.1. The summed E-state index contributed by atoms with van der Waals surface area (Å²) < 4.78 is 6.57. The van der Waals surface area contributed by atoms with Crippen LogP contribution in [-0.4, -0.2) is 12.4 Å². The van der Waals surface area contributed by atoms with Gasteiger partial charge in [0.25, 0.3) is 0 Å². The average Bonchev–Trinajstić information content (AvgIpc) is 2.38. The molecule has 0 saturated carbocycles. The Hall–Kier alpha value is -1.36. The standard InChI is InChI=1S/C15H13IO2/c1-11-2-8-14(9-3-11)18-10-15(17)12-4-6-13(16)7-5-12/h2-9H,10H2,1H3. The summed E-state index contributed by atoms with van der Waals surface area (Å²) >= 11 is 2.21. The monoisotopic (exact) mass is 352 g/mol. The summed E-state index contributed by atoms with van der Waals surface area (Å²) in [5.41, 5.74) is 1.86. The van der Waals surface area contributed by atoms with Gasteiger partial charge in [0.1, 0.15) is 5.75 Å². The van der Waals surface area contributed by atoms with Gasteiger partial charge < -0.3 is 4.74 Å². The van der Waals surface area contributed by atoms with E-state index in [0.29, 0.717) is 5.56 Å². The van der Waals surface area contributed by atoms with Crippen molar-refractivity contribution in [3.05, 3.63) is 63.2 Å². The average molecular weight is 352 g/mol. The molecule has 0 aromatic heterocycles. The van der Waals surface area contributed by atoms with Crippen LogP contribution in [0.5, 0.6) is 5.75 Å². The SMILES string of the molecule is Cc1ccc(OCC(=O)c2ccc(I)cc2)cc1. The summed E-state index contributed by atoms with van der Waals surface area (Å²) in [6.45, 7) is 2.09. The van der Waals surface area contributed by atoms with Gasteiger partial charge in [0.05, 0.1) is 0 Å². The van der Waals surface area contributed by atoms with Gasteiger partial charge in [-0.25, -0.2) is 0 Å². The molecular weight excluding hydrogens is 339 g/mol. The fourth-order valence-corrected chi connectivity index (χ4v) is 1.86. The number of aryl methyl sites for hydroxylation is 1. The van der Waals surface area contributed by atoms with E-state index in [0.717, 1.165) is 9.32 Å². The van der Waals surface area contributed by atoms with Crippen molar-refractivity contribution in [1.82, 2.24) is 0 Å². The first-order valence-electron chi connectivity index (χ1n) is 5.63. The van der Waals surface area contributed by atoms with Crippen molar-refractivity contribution in [1.29, 1.82) is 0 Å². The summed E-state index contributed by atoms with van der Waals surface area (Å²) in [5.74, 6) is 0.714. The van der Waals surface area contributed by atoms with Gasteiger partial charge in [-0.15, -0.1) is 0 Å².